The van der Waals surface area contributed by atoms with Crippen LogP contribution in [0, 0.1) is 11.8 Å². The van der Waals surface area contributed by atoms with Gasteiger partial charge in [0.25, 0.3) is 0 Å². The molecular weight excluding hydrogens is 1260 g/mol. The monoisotopic (exact) mass is 1410 g/mol. The van der Waals surface area contributed by atoms with Gasteiger partial charge in [-0.15, -0.1) is 0 Å². The summed E-state index contributed by atoms with van der Waals surface area (Å²) in [4.78, 5) is 72.9. The third-order valence-corrected chi connectivity index (χ3v) is 20.6. The van der Waals surface area contributed by atoms with E-state index in [0.717, 1.165) is 102 Å². The Balaban J connectivity index is 5.26. The van der Waals surface area contributed by atoms with Gasteiger partial charge in [0, 0.05) is 25.7 Å². The zero-order valence-corrected chi connectivity index (χ0v) is 64.5. The van der Waals surface area contributed by atoms with Gasteiger partial charge in [0.1, 0.15) is 19.3 Å². The molecule has 0 aliphatic heterocycles. The van der Waals surface area contributed by atoms with Crippen molar-refractivity contribution < 1.29 is 80.2 Å². The molecule has 0 aromatic rings. The van der Waals surface area contributed by atoms with E-state index >= 15 is 0 Å². The lowest BCUT2D eigenvalue weighted by Gasteiger charge is -2.21. The van der Waals surface area contributed by atoms with Crippen molar-refractivity contribution in [2.24, 2.45) is 11.8 Å². The van der Waals surface area contributed by atoms with Gasteiger partial charge in [0.2, 0.25) is 0 Å². The summed E-state index contributed by atoms with van der Waals surface area (Å²) in [6.07, 6.45) is 56.6. The lowest BCUT2D eigenvalue weighted by molar-refractivity contribution is -0.161. The van der Waals surface area contributed by atoms with Crippen LogP contribution in [-0.4, -0.2) is 96.7 Å². The standard InChI is InChI=1S/C77H150O17P2/c1-7-11-13-15-17-19-21-25-30-34-41-47-53-59-74(79)87-65-72(93-77(82)62-56-50-44-36-32-28-24-23-27-29-33-39-45-51-57-69(5)9-3)67-91-95(83,84)89-63-71(78)64-90-96(85,86)92-68-73(66-88-75(80)60-54-48-42-38-37-40-46-52-58-70(6)10-4)94-76(81)61-55-49-43-35-31-26-22-20-18-16-14-12-8-2/h69-73,78H,7-68H2,1-6H3,(H,83,84)(H,85,86)/t69?,70?,71-,72-,73-/m1/s1. The average Bonchev–Trinajstić information content (AvgIpc) is 1.22. The number of rotatable bonds is 76. The summed E-state index contributed by atoms with van der Waals surface area (Å²) < 4.78 is 68.6. The number of aliphatic hydroxyl groups excluding tert-OH is 1. The molecule has 19 heteroatoms. The number of hydrogen-bond acceptors (Lipinski definition) is 15. The Morgan fingerprint density at radius 1 is 0.292 bits per heavy atom. The summed E-state index contributed by atoms with van der Waals surface area (Å²) in [7, 11) is -9.91. The van der Waals surface area contributed by atoms with Crippen molar-refractivity contribution in [2.45, 2.75) is 419 Å². The molecule has 0 radical (unpaired) electrons. The molecule has 17 nitrogen and oxygen atoms in total. The van der Waals surface area contributed by atoms with Crippen molar-refractivity contribution in [3.63, 3.8) is 0 Å². The number of carbonyl (C=O) groups excluding carboxylic acids is 4. The molecule has 0 aliphatic carbocycles. The van der Waals surface area contributed by atoms with Crippen molar-refractivity contribution in [3.8, 4) is 0 Å². The predicted octanol–water partition coefficient (Wildman–Crippen LogP) is 22.7. The van der Waals surface area contributed by atoms with Gasteiger partial charge < -0.3 is 33.8 Å². The summed E-state index contributed by atoms with van der Waals surface area (Å²) in [5.41, 5.74) is 0. The van der Waals surface area contributed by atoms with Crippen molar-refractivity contribution in [1.29, 1.82) is 0 Å². The van der Waals surface area contributed by atoms with Gasteiger partial charge in [-0.05, 0) is 37.5 Å². The predicted molar refractivity (Wildman–Crippen MR) is 391 cm³/mol. The molecule has 0 aliphatic rings. The molecule has 0 saturated heterocycles. The van der Waals surface area contributed by atoms with Crippen LogP contribution in [0.15, 0.2) is 0 Å². The van der Waals surface area contributed by atoms with Crippen LogP contribution < -0.4 is 0 Å². The summed E-state index contributed by atoms with van der Waals surface area (Å²) in [6.45, 7) is 9.67. The second-order valence-corrected chi connectivity index (χ2v) is 31.1. The first-order chi connectivity index (χ1) is 46.4. The topological polar surface area (TPSA) is 237 Å². The van der Waals surface area contributed by atoms with Crippen LogP contribution in [0.3, 0.4) is 0 Å². The Hall–Kier alpha value is -1.94. The van der Waals surface area contributed by atoms with Gasteiger partial charge in [-0.25, -0.2) is 9.13 Å². The molecule has 0 saturated carbocycles. The number of carbonyl (C=O) groups is 4. The van der Waals surface area contributed by atoms with Gasteiger partial charge in [-0.3, -0.25) is 37.3 Å². The molecule has 0 amide bonds. The number of phosphoric acid groups is 2. The average molecular weight is 1410 g/mol. The molecule has 570 valence electrons. The summed E-state index contributed by atoms with van der Waals surface area (Å²) >= 11 is 0. The van der Waals surface area contributed by atoms with Crippen LogP contribution in [0.2, 0.25) is 0 Å². The largest absolute Gasteiger partial charge is 0.472 e. The maximum atomic E-state index is 13.1. The highest BCUT2D eigenvalue weighted by Gasteiger charge is 2.30. The number of hydrogen-bond donors (Lipinski definition) is 3. The highest BCUT2D eigenvalue weighted by atomic mass is 31.2. The number of aliphatic hydroxyl groups is 1. The lowest BCUT2D eigenvalue weighted by Crippen LogP contribution is -2.30. The van der Waals surface area contributed by atoms with Gasteiger partial charge in [0.05, 0.1) is 26.4 Å². The number of phosphoric ester groups is 2. The minimum absolute atomic E-state index is 0.107. The maximum Gasteiger partial charge on any atom is 0.472 e. The van der Waals surface area contributed by atoms with E-state index in [2.05, 4.69) is 41.5 Å². The third kappa shape index (κ3) is 67.9. The van der Waals surface area contributed by atoms with E-state index in [9.17, 15) is 43.2 Å². The summed E-state index contributed by atoms with van der Waals surface area (Å²) in [5, 5.41) is 10.6. The van der Waals surface area contributed by atoms with Gasteiger partial charge in [0.15, 0.2) is 12.2 Å². The molecule has 96 heavy (non-hydrogen) atoms. The van der Waals surface area contributed by atoms with Crippen LogP contribution in [0.5, 0.6) is 0 Å². The molecule has 0 fully saturated rings. The molecule has 3 N–H and O–H groups in total. The molecule has 0 aromatic heterocycles. The second-order valence-electron chi connectivity index (χ2n) is 28.2. The van der Waals surface area contributed by atoms with Crippen molar-refractivity contribution in [1.82, 2.24) is 0 Å². The quantitative estimate of drug-likeness (QED) is 0.0222. The second kappa shape index (κ2) is 68.8. The van der Waals surface area contributed by atoms with E-state index in [1.165, 1.54) is 218 Å². The number of unbranched alkanes of at least 4 members (excludes halogenated alkanes) is 44. The molecule has 7 atom stereocenters. The van der Waals surface area contributed by atoms with Crippen molar-refractivity contribution in [2.75, 3.05) is 39.6 Å². The third-order valence-electron chi connectivity index (χ3n) is 18.7. The van der Waals surface area contributed by atoms with Crippen LogP contribution in [0.1, 0.15) is 401 Å². The Labute approximate surface area is 588 Å². The van der Waals surface area contributed by atoms with E-state index in [0.29, 0.717) is 25.7 Å². The van der Waals surface area contributed by atoms with E-state index in [1.807, 2.05) is 0 Å². The van der Waals surface area contributed by atoms with E-state index in [4.69, 9.17) is 37.0 Å². The Kier molecular flexibility index (Phi) is 67.4. The normalized spacial score (nSPS) is 14.6. The highest BCUT2D eigenvalue weighted by molar-refractivity contribution is 7.47. The molecule has 0 spiro atoms. The number of esters is 4. The van der Waals surface area contributed by atoms with Crippen LogP contribution >= 0.6 is 15.6 Å². The molecule has 0 heterocycles. The van der Waals surface area contributed by atoms with Crippen LogP contribution in [0.25, 0.3) is 0 Å². The fraction of sp³-hybridized carbons (Fsp3) is 0.948. The molecular formula is C77H150O17P2. The fourth-order valence-corrected chi connectivity index (χ4v) is 13.3. The lowest BCUT2D eigenvalue weighted by atomic mass is 9.99. The summed E-state index contributed by atoms with van der Waals surface area (Å²) in [6, 6.07) is 0. The Morgan fingerprint density at radius 3 is 0.740 bits per heavy atom. The molecule has 4 unspecified atom stereocenters. The van der Waals surface area contributed by atoms with Gasteiger partial charge >= 0.3 is 39.5 Å². The fourth-order valence-electron chi connectivity index (χ4n) is 11.8. The highest BCUT2D eigenvalue weighted by Crippen LogP contribution is 2.45. The summed E-state index contributed by atoms with van der Waals surface area (Å²) in [5.74, 6) is -0.488. The van der Waals surface area contributed by atoms with E-state index in [-0.39, 0.29) is 25.7 Å². The minimum atomic E-state index is -4.96. The molecule has 0 bridgehead atoms. The van der Waals surface area contributed by atoms with Crippen molar-refractivity contribution >= 4 is 39.5 Å². The number of ether oxygens (including phenoxy) is 4. The molecule has 0 rings (SSSR count). The van der Waals surface area contributed by atoms with Crippen molar-refractivity contribution in [3.05, 3.63) is 0 Å². The zero-order valence-electron chi connectivity index (χ0n) is 62.7. The molecule has 0 aromatic carbocycles. The first-order valence-electron chi connectivity index (χ1n) is 40.1. The maximum absolute atomic E-state index is 13.1. The van der Waals surface area contributed by atoms with E-state index in [1.54, 1.807) is 0 Å². The van der Waals surface area contributed by atoms with Crippen LogP contribution in [0.4, 0.5) is 0 Å². The first kappa shape index (κ1) is 94.1. The van der Waals surface area contributed by atoms with Gasteiger partial charge in [-0.1, -0.05) is 350 Å². The Morgan fingerprint density at radius 2 is 0.500 bits per heavy atom. The van der Waals surface area contributed by atoms with E-state index < -0.39 is 97.5 Å². The minimum Gasteiger partial charge on any atom is -0.462 e. The van der Waals surface area contributed by atoms with Crippen LogP contribution in [-0.2, 0) is 65.4 Å². The smallest absolute Gasteiger partial charge is 0.462 e. The zero-order chi connectivity index (χ0) is 70.7. The van der Waals surface area contributed by atoms with Gasteiger partial charge in [-0.2, -0.15) is 0 Å². The first-order valence-corrected chi connectivity index (χ1v) is 43.1. The Bertz CT molecular complexity index is 1860. The SMILES string of the molecule is CCCCCCCCCCCCCCCC(=O)OC[C@H](COP(=O)(O)OC[C@@H](O)COP(=O)(O)OC[C@@H](COC(=O)CCCCCCCCCCC(C)CC)OC(=O)CCCCCCCCCCCCCCC)OC(=O)CCCCCCCCCCCCCCCCC(C)CC.